The normalized spacial score (nSPS) is 14.6. The zero-order chi connectivity index (χ0) is 20.4. The predicted molar refractivity (Wildman–Crippen MR) is 110 cm³/mol. The van der Waals surface area contributed by atoms with Crippen LogP contribution in [-0.4, -0.2) is 41.1 Å². The molecule has 0 spiro atoms. The molecule has 1 saturated carbocycles. The van der Waals surface area contributed by atoms with Crippen molar-refractivity contribution in [1.82, 2.24) is 35.2 Å². The minimum Gasteiger partial charge on any atom is -0.288 e. The third kappa shape index (κ3) is 4.08. The van der Waals surface area contributed by atoms with Crippen molar-refractivity contribution in [2.24, 2.45) is 5.92 Å². The summed E-state index contributed by atoms with van der Waals surface area (Å²) in [7, 11) is 0. The molecule has 0 aromatic carbocycles. The van der Waals surface area contributed by atoms with Crippen LogP contribution in [0.5, 0.6) is 0 Å². The molecule has 4 rings (SSSR count). The first kappa shape index (κ1) is 19.4. The first-order chi connectivity index (χ1) is 14.0. The Morgan fingerprint density at radius 3 is 2.76 bits per heavy atom. The molecular formula is C20H28N8O. The molecule has 3 aromatic heterocycles. The lowest BCUT2D eigenvalue weighted by molar-refractivity contribution is 0.102. The van der Waals surface area contributed by atoms with Crippen LogP contribution >= 0.6 is 0 Å². The minimum absolute atomic E-state index is 0.290. The van der Waals surface area contributed by atoms with E-state index >= 15 is 0 Å². The average Bonchev–Trinajstić information content (AvgIpc) is 3.48. The number of aryl methyl sites for hydroxylation is 3. The highest BCUT2D eigenvalue weighted by atomic mass is 16.2. The number of anilines is 1. The first-order valence-electron chi connectivity index (χ1n) is 10.4. The van der Waals surface area contributed by atoms with Crippen LogP contribution in [0.4, 0.5) is 5.95 Å². The molecule has 9 nitrogen and oxygen atoms in total. The number of nitrogens with one attached hydrogen (secondary N) is 3. The van der Waals surface area contributed by atoms with Gasteiger partial charge < -0.3 is 0 Å². The SMILES string of the molecule is CCn1nc(C)c(-c2cc(C(=O)Nc3n[nH]c(CCC4CCCC4)n3)[nH]n2)c1C. The van der Waals surface area contributed by atoms with Crippen molar-refractivity contribution in [2.75, 3.05) is 5.32 Å². The number of hydrogen-bond donors (Lipinski definition) is 3. The molecule has 154 valence electrons. The van der Waals surface area contributed by atoms with Gasteiger partial charge in [0.1, 0.15) is 11.5 Å². The molecule has 3 aromatic rings. The Balaban J connectivity index is 1.40. The molecule has 0 atom stereocenters. The Kier molecular flexibility index (Phi) is 5.46. The molecule has 1 amide bonds. The number of carbonyl (C=O) groups is 1. The number of nitrogens with zero attached hydrogens (tertiary/aromatic N) is 5. The summed E-state index contributed by atoms with van der Waals surface area (Å²) < 4.78 is 1.93. The monoisotopic (exact) mass is 396 g/mol. The van der Waals surface area contributed by atoms with E-state index in [0.717, 1.165) is 48.1 Å². The van der Waals surface area contributed by atoms with Crippen molar-refractivity contribution in [1.29, 1.82) is 0 Å². The van der Waals surface area contributed by atoms with Crippen LogP contribution < -0.4 is 5.32 Å². The second-order valence-corrected chi connectivity index (χ2v) is 7.78. The number of H-pyrrole nitrogens is 2. The van der Waals surface area contributed by atoms with E-state index in [1.54, 1.807) is 6.07 Å². The largest absolute Gasteiger partial charge is 0.288 e. The summed E-state index contributed by atoms with van der Waals surface area (Å²) in [5, 5.41) is 21.4. The van der Waals surface area contributed by atoms with Crippen molar-refractivity contribution >= 4 is 11.9 Å². The summed E-state index contributed by atoms with van der Waals surface area (Å²) in [5.74, 6) is 1.59. The number of aromatic nitrogens is 7. The molecular weight excluding hydrogens is 368 g/mol. The van der Waals surface area contributed by atoms with E-state index in [4.69, 9.17) is 0 Å². The maximum Gasteiger partial charge on any atom is 0.276 e. The molecule has 0 radical (unpaired) electrons. The van der Waals surface area contributed by atoms with Gasteiger partial charge in [-0.1, -0.05) is 25.7 Å². The fourth-order valence-corrected chi connectivity index (χ4v) is 4.21. The smallest absolute Gasteiger partial charge is 0.276 e. The number of aromatic amines is 2. The fraction of sp³-hybridized carbons (Fsp3) is 0.550. The van der Waals surface area contributed by atoms with Gasteiger partial charge in [-0.3, -0.25) is 25.0 Å². The van der Waals surface area contributed by atoms with Gasteiger partial charge in [-0.25, -0.2) is 0 Å². The average molecular weight is 396 g/mol. The van der Waals surface area contributed by atoms with Gasteiger partial charge in [0, 0.05) is 24.2 Å². The second-order valence-electron chi connectivity index (χ2n) is 7.78. The first-order valence-corrected chi connectivity index (χ1v) is 10.4. The molecule has 1 aliphatic carbocycles. The Bertz CT molecular complexity index is 992. The Labute approximate surface area is 169 Å². The van der Waals surface area contributed by atoms with E-state index in [2.05, 4.69) is 35.8 Å². The van der Waals surface area contributed by atoms with Crippen LogP contribution in [0.15, 0.2) is 6.07 Å². The second kappa shape index (κ2) is 8.18. The van der Waals surface area contributed by atoms with Crippen molar-refractivity contribution in [3.8, 4) is 11.3 Å². The summed E-state index contributed by atoms with van der Waals surface area (Å²) >= 11 is 0. The van der Waals surface area contributed by atoms with Crippen LogP contribution in [-0.2, 0) is 13.0 Å². The van der Waals surface area contributed by atoms with E-state index in [1.165, 1.54) is 25.7 Å². The van der Waals surface area contributed by atoms with Gasteiger partial charge >= 0.3 is 0 Å². The Hall–Kier alpha value is -2.97. The number of rotatable bonds is 7. The third-order valence-corrected chi connectivity index (χ3v) is 5.78. The molecule has 3 heterocycles. The van der Waals surface area contributed by atoms with E-state index < -0.39 is 0 Å². The van der Waals surface area contributed by atoms with Crippen LogP contribution in [0.2, 0.25) is 0 Å². The highest BCUT2D eigenvalue weighted by molar-refractivity contribution is 6.02. The van der Waals surface area contributed by atoms with E-state index in [0.29, 0.717) is 17.3 Å². The molecule has 29 heavy (non-hydrogen) atoms. The zero-order valence-electron chi connectivity index (χ0n) is 17.2. The van der Waals surface area contributed by atoms with Crippen LogP contribution in [0.25, 0.3) is 11.3 Å². The van der Waals surface area contributed by atoms with Crippen molar-refractivity contribution in [2.45, 2.75) is 65.8 Å². The van der Waals surface area contributed by atoms with Gasteiger partial charge in [0.05, 0.1) is 11.4 Å². The van der Waals surface area contributed by atoms with E-state index in [-0.39, 0.29) is 5.91 Å². The van der Waals surface area contributed by atoms with Gasteiger partial charge in [-0.15, -0.1) is 5.10 Å². The predicted octanol–water partition coefficient (Wildman–Crippen LogP) is 3.40. The van der Waals surface area contributed by atoms with Crippen molar-refractivity contribution in [3.63, 3.8) is 0 Å². The summed E-state index contributed by atoms with van der Waals surface area (Å²) in [5.41, 5.74) is 3.94. The number of amides is 1. The summed E-state index contributed by atoms with van der Waals surface area (Å²) in [6.45, 7) is 6.79. The molecule has 1 fully saturated rings. The maximum atomic E-state index is 12.6. The highest BCUT2D eigenvalue weighted by Gasteiger charge is 2.19. The lowest BCUT2D eigenvalue weighted by Gasteiger charge is -2.05. The van der Waals surface area contributed by atoms with E-state index in [1.807, 2.05) is 25.5 Å². The van der Waals surface area contributed by atoms with Crippen molar-refractivity contribution in [3.05, 3.63) is 29.0 Å². The fourth-order valence-electron chi connectivity index (χ4n) is 4.21. The van der Waals surface area contributed by atoms with Gasteiger partial charge in [-0.2, -0.15) is 15.2 Å². The zero-order valence-corrected chi connectivity index (χ0v) is 17.2. The van der Waals surface area contributed by atoms with Crippen LogP contribution in [0, 0.1) is 19.8 Å². The van der Waals surface area contributed by atoms with Crippen LogP contribution in [0.3, 0.4) is 0 Å². The summed E-state index contributed by atoms with van der Waals surface area (Å²) in [6, 6.07) is 1.74. The number of hydrogen-bond acceptors (Lipinski definition) is 5. The van der Waals surface area contributed by atoms with Crippen molar-refractivity contribution < 1.29 is 4.79 Å². The quantitative estimate of drug-likeness (QED) is 0.566. The Morgan fingerprint density at radius 1 is 1.24 bits per heavy atom. The van der Waals surface area contributed by atoms with Gasteiger partial charge in [0.2, 0.25) is 5.95 Å². The topological polar surface area (TPSA) is 117 Å². The molecule has 0 aliphatic heterocycles. The summed E-state index contributed by atoms with van der Waals surface area (Å²) in [4.78, 5) is 17.0. The molecule has 9 heteroatoms. The van der Waals surface area contributed by atoms with Gasteiger partial charge in [-0.05, 0) is 39.2 Å². The minimum atomic E-state index is -0.316. The third-order valence-electron chi connectivity index (χ3n) is 5.78. The molecule has 1 aliphatic rings. The lowest BCUT2D eigenvalue weighted by Crippen LogP contribution is -2.13. The van der Waals surface area contributed by atoms with Gasteiger partial charge in [0.25, 0.3) is 5.91 Å². The maximum absolute atomic E-state index is 12.6. The standard InChI is InChI=1S/C20H28N8O/c1-4-28-13(3)18(12(2)27-28)15-11-16(24-23-15)19(29)22-20-21-17(25-26-20)10-9-14-7-5-6-8-14/h11,14H,4-10H2,1-3H3,(H,23,24)(H2,21,22,25,26,29). The van der Waals surface area contributed by atoms with E-state index in [9.17, 15) is 4.79 Å². The number of carbonyl (C=O) groups excluding carboxylic acids is 1. The Morgan fingerprint density at radius 2 is 2.03 bits per heavy atom. The van der Waals surface area contributed by atoms with Crippen LogP contribution in [0.1, 0.15) is 66.7 Å². The lowest BCUT2D eigenvalue weighted by atomic mass is 10.0. The molecule has 0 unspecified atom stereocenters. The van der Waals surface area contributed by atoms with Gasteiger partial charge in [0.15, 0.2) is 0 Å². The molecule has 0 bridgehead atoms. The highest BCUT2D eigenvalue weighted by Crippen LogP contribution is 2.28. The molecule has 3 N–H and O–H groups in total. The summed E-state index contributed by atoms with van der Waals surface area (Å²) in [6.07, 6.45) is 7.30. The molecule has 0 saturated heterocycles.